The van der Waals surface area contributed by atoms with E-state index in [1.165, 1.54) is 5.56 Å². The zero-order valence-corrected chi connectivity index (χ0v) is 18.8. The fourth-order valence-corrected chi connectivity index (χ4v) is 3.77. The number of nitrogens with zero attached hydrogens (tertiary/aromatic N) is 3. The van der Waals surface area contributed by atoms with Gasteiger partial charge in [0, 0.05) is 49.7 Å². The Morgan fingerprint density at radius 1 is 1.07 bits per heavy atom. The fraction of sp³-hybridized carbons (Fsp3) is 0.619. The van der Waals surface area contributed by atoms with E-state index in [0.717, 1.165) is 11.0 Å². The van der Waals surface area contributed by atoms with Crippen LogP contribution in [0.2, 0.25) is 0 Å². The summed E-state index contributed by atoms with van der Waals surface area (Å²) >= 11 is 3.49. The van der Waals surface area contributed by atoms with E-state index in [1.807, 2.05) is 17.0 Å². The van der Waals surface area contributed by atoms with Crippen LogP contribution in [0.4, 0.5) is 0 Å². The Morgan fingerprint density at radius 3 is 2.07 bits per heavy atom. The van der Waals surface area contributed by atoms with Crippen LogP contribution in [-0.4, -0.2) is 65.8 Å². The Bertz CT molecular complexity index is 650. The van der Waals surface area contributed by atoms with Crippen molar-refractivity contribution < 1.29 is 9.59 Å². The molecular formula is C21H32BrN3O2. The smallest absolute Gasteiger partial charge is 0.236 e. The van der Waals surface area contributed by atoms with Gasteiger partial charge in [0.2, 0.25) is 11.8 Å². The Labute approximate surface area is 171 Å². The number of halogens is 1. The quantitative estimate of drug-likeness (QED) is 0.685. The summed E-state index contributed by atoms with van der Waals surface area (Å²) in [5.74, 6) is 0.686. The van der Waals surface area contributed by atoms with Crippen molar-refractivity contribution in [3.05, 3.63) is 34.3 Å². The Balaban J connectivity index is 2.10. The highest BCUT2D eigenvalue weighted by Gasteiger charge is 2.32. The van der Waals surface area contributed by atoms with E-state index < -0.39 is 0 Å². The Hall–Kier alpha value is -1.40. The second-order valence-corrected chi connectivity index (χ2v) is 9.14. The van der Waals surface area contributed by atoms with Crippen molar-refractivity contribution in [3.8, 4) is 0 Å². The number of hydrogen-bond acceptors (Lipinski definition) is 3. The molecule has 0 atom stereocenters. The van der Waals surface area contributed by atoms with Gasteiger partial charge in [-0.3, -0.25) is 14.5 Å². The van der Waals surface area contributed by atoms with Gasteiger partial charge in [-0.25, -0.2) is 0 Å². The molecule has 0 spiro atoms. The number of carbonyl (C=O) groups excluding carboxylic acids is 2. The van der Waals surface area contributed by atoms with Gasteiger partial charge in [0.05, 0.1) is 6.54 Å². The first kappa shape index (κ1) is 21.9. The number of amides is 2. The van der Waals surface area contributed by atoms with Gasteiger partial charge in [0.15, 0.2) is 0 Å². The van der Waals surface area contributed by atoms with E-state index in [1.54, 1.807) is 11.8 Å². The van der Waals surface area contributed by atoms with Gasteiger partial charge >= 0.3 is 0 Å². The third-order valence-corrected chi connectivity index (χ3v) is 5.86. The predicted molar refractivity (Wildman–Crippen MR) is 112 cm³/mol. The summed E-state index contributed by atoms with van der Waals surface area (Å²) in [6.07, 6.45) is 0. The second kappa shape index (κ2) is 9.20. The summed E-state index contributed by atoms with van der Waals surface area (Å²) in [5, 5.41) is 0. The van der Waals surface area contributed by atoms with Crippen molar-refractivity contribution in [2.24, 2.45) is 5.92 Å². The normalized spacial score (nSPS) is 15.6. The zero-order chi connectivity index (χ0) is 20.2. The standard InChI is InChI=1S/C21H32BrN3O2/c1-16(2)14-25(21(4,5)18-6-8-19(22)9-7-18)15-20(27)24-12-10-23(11-13-24)17(3)26/h6-9,16H,10-15H2,1-5H3. The molecule has 27 heavy (non-hydrogen) atoms. The first-order valence-electron chi connectivity index (χ1n) is 9.65. The Morgan fingerprint density at radius 2 is 1.59 bits per heavy atom. The van der Waals surface area contributed by atoms with E-state index in [0.29, 0.717) is 38.6 Å². The van der Waals surface area contributed by atoms with Gasteiger partial charge in [-0.05, 0) is 37.5 Å². The molecule has 0 radical (unpaired) electrons. The molecule has 0 unspecified atom stereocenters. The van der Waals surface area contributed by atoms with Crippen LogP contribution in [-0.2, 0) is 15.1 Å². The van der Waals surface area contributed by atoms with Crippen molar-refractivity contribution in [2.75, 3.05) is 39.3 Å². The number of carbonyl (C=O) groups is 2. The van der Waals surface area contributed by atoms with Crippen LogP contribution in [0.25, 0.3) is 0 Å². The maximum Gasteiger partial charge on any atom is 0.236 e. The van der Waals surface area contributed by atoms with E-state index in [-0.39, 0.29) is 17.4 Å². The van der Waals surface area contributed by atoms with Gasteiger partial charge in [0.1, 0.15) is 0 Å². The molecule has 1 aliphatic heterocycles. The zero-order valence-electron chi connectivity index (χ0n) is 17.2. The number of hydrogen-bond donors (Lipinski definition) is 0. The summed E-state index contributed by atoms with van der Waals surface area (Å²) in [7, 11) is 0. The fourth-order valence-electron chi connectivity index (χ4n) is 3.51. The molecular weight excluding hydrogens is 406 g/mol. The average Bonchev–Trinajstić information content (AvgIpc) is 2.61. The molecule has 150 valence electrons. The van der Waals surface area contributed by atoms with Crippen molar-refractivity contribution in [2.45, 2.75) is 40.2 Å². The molecule has 0 bridgehead atoms. The SMILES string of the molecule is CC(=O)N1CCN(C(=O)CN(CC(C)C)C(C)(C)c2ccc(Br)cc2)CC1. The highest BCUT2D eigenvalue weighted by molar-refractivity contribution is 9.10. The summed E-state index contributed by atoms with van der Waals surface area (Å²) in [6, 6.07) is 8.34. The van der Waals surface area contributed by atoms with Crippen molar-refractivity contribution >= 4 is 27.7 Å². The molecule has 2 rings (SSSR count). The van der Waals surface area contributed by atoms with Gasteiger partial charge in [0.25, 0.3) is 0 Å². The van der Waals surface area contributed by atoms with Crippen molar-refractivity contribution in [3.63, 3.8) is 0 Å². The summed E-state index contributed by atoms with van der Waals surface area (Å²) < 4.78 is 1.05. The van der Waals surface area contributed by atoms with Crippen LogP contribution >= 0.6 is 15.9 Å². The molecule has 1 fully saturated rings. The van der Waals surface area contributed by atoms with Gasteiger partial charge in [-0.1, -0.05) is 41.9 Å². The highest BCUT2D eigenvalue weighted by Crippen LogP contribution is 2.29. The average molecular weight is 438 g/mol. The van der Waals surface area contributed by atoms with E-state index in [2.05, 4.69) is 60.7 Å². The molecule has 1 aromatic carbocycles. The largest absolute Gasteiger partial charge is 0.339 e. The molecule has 0 saturated carbocycles. The molecule has 0 aliphatic carbocycles. The van der Waals surface area contributed by atoms with Crippen molar-refractivity contribution in [1.82, 2.24) is 14.7 Å². The number of rotatable bonds is 6. The molecule has 5 nitrogen and oxygen atoms in total. The number of piperazine rings is 1. The van der Waals surface area contributed by atoms with Crippen LogP contribution in [0.5, 0.6) is 0 Å². The first-order chi connectivity index (χ1) is 12.6. The summed E-state index contributed by atoms with van der Waals surface area (Å²) in [4.78, 5) is 30.4. The van der Waals surface area contributed by atoms with Gasteiger partial charge in [-0.15, -0.1) is 0 Å². The van der Waals surface area contributed by atoms with Crippen molar-refractivity contribution in [1.29, 1.82) is 0 Å². The van der Waals surface area contributed by atoms with Crippen LogP contribution in [0.1, 0.15) is 40.2 Å². The molecule has 0 N–H and O–H groups in total. The van der Waals surface area contributed by atoms with Crippen LogP contribution in [0.15, 0.2) is 28.7 Å². The minimum atomic E-state index is -0.248. The Kier molecular flexibility index (Phi) is 7.46. The lowest BCUT2D eigenvalue weighted by Gasteiger charge is -2.42. The minimum absolute atomic E-state index is 0.0832. The lowest BCUT2D eigenvalue weighted by molar-refractivity contribution is -0.140. The predicted octanol–water partition coefficient (Wildman–Crippen LogP) is 3.33. The van der Waals surface area contributed by atoms with E-state index in [9.17, 15) is 9.59 Å². The lowest BCUT2D eigenvalue weighted by atomic mass is 9.91. The topological polar surface area (TPSA) is 43.9 Å². The van der Waals surface area contributed by atoms with Crippen LogP contribution < -0.4 is 0 Å². The van der Waals surface area contributed by atoms with Crippen LogP contribution in [0.3, 0.4) is 0 Å². The monoisotopic (exact) mass is 437 g/mol. The summed E-state index contributed by atoms with van der Waals surface area (Å²) in [5.41, 5.74) is 0.947. The summed E-state index contributed by atoms with van der Waals surface area (Å²) in [6.45, 7) is 14.0. The third kappa shape index (κ3) is 5.79. The third-order valence-electron chi connectivity index (χ3n) is 5.33. The maximum atomic E-state index is 13.0. The molecule has 1 heterocycles. The van der Waals surface area contributed by atoms with Gasteiger partial charge in [-0.2, -0.15) is 0 Å². The highest BCUT2D eigenvalue weighted by atomic mass is 79.9. The molecule has 1 aromatic rings. The molecule has 1 saturated heterocycles. The molecule has 1 aliphatic rings. The molecule has 0 aromatic heterocycles. The first-order valence-corrected chi connectivity index (χ1v) is 10.4. The van der Waals surface area contributed by atoms with Crippen LogP contribution in [0, 0.1) is 5.92 Å². The van der Waals surface area contributed by atoms with E-state index in [4.69, 9.17) is 0 Å². The van der Waals surface area contributed by atoms with E-state index >= 15 is 0 Å². The minimum Gasteiger partial charge on any atom is -0.339 e. The maximum absolute atomic E-state index is 13.0. The number of benzene rings is 1. The second-order valence-electron chi connectivity index (χ2n) is 8.23. The molecule has 2 amide bonds. The lowest BCUT2D eigenvalue weighted by Crippen LogP contribution is -2.54. The van der Waals surface area contributed by atoms with Gasteiger partial charge < -0.3 is 9.80 Å². The molecule has 6 heteroatoms.